The lowest BCUT2D eigenvalue weighted by Crippen LogP contribution is -2.15. The normalized spacial score (nSPS) is 11.5. The SMILES string of the molecule is CCO/C(C(=O)O)=C(\OC)C(=O)O. The second-order valence-corrected chi connectivity index (χ2v) is 1.91. The summed E-state index contributed by atoms with van der Waals surface area (Å²) in [6.07, 6.45) is 0. The van der Waals surface area contributed by atoms with E-state index in [4.69, 9.17) is 10.2 Å². The molecule has 0 bridgehead atoms. The molecule has 0 amide bonds. The minimum Gasteiger partial charge on any atom is -0.487 e. The maximum absolute atomic E-state index is 10.5. The Morgan fingerprint density at radius 1 is 1.15 bits per heavy atom. The van der Waals surface area contributed by atoms with E-state index in [0.717, 1.165) is 7.11 Å². The Bertz CT molecular complexity index is 241. The third-order valence-electron chi connectivity index (χ3n) is 1.09. The van der Waals surface area contributed by atoms with Crippen molar-refractivity contribution in [1.82, 2.24) is 0 Å². The van der Waals surface area contributed by atoms with Crippen LogP contribution in [0.1, 0.15) is 6.92 Å². The second-order valence-electron chi connectivity index (χ2n) is 1.91. The Labute approximate surface area is 74.4 Å². The summed E-state index contributed by atoms with van der Waals surface area (Å²) in [6.45, 7) is 1.60. The van der Waals surface area contributed by atoms with Crippen molar-refractivity contribution in [2.75, 3.05) is 13.7 Å². The van der Waals surface area contributed by atoms with Crippen molar-refractivity contribution in [1.29, 1.82) is 0 Å². The van der Waals surface area contributed by atoms with Gasteiger partial charge < -0.3 is 19.7 Å². The largest absolute Gasteiger partial charge is 0.487 e. The molecule has 13 heavy (non-hydrogen) atoms. The van der Waals surface area contributed by atoms with E-state index < -0.39 is 23.5 Å². The van der Waals surface area contributed by atoms with Crippen LogP contribution in [0.3, 0.4) is 0 Å². The summed E-state index contributed by atoms with van der Waals surface area (Å²) >= 11 is 0. The van der Waals surface area contributed by atoms with Gasteiger partial charge in [-0.25, -0.2) is 9.59 Å². The van der Waals surface area contributed by atoms with E-state index in [2.05, 4.69) is 9.47 Å². The molecule has 0 aromatic carbocycles. The van der Waals surface area contributed by atoms with Crippen LogP contribution in [0, 0.1) is 0 Å². The van der Waals surface area contributed by atoms with Crippen molar-refractivity contribution in [3.8, 4) is 0 Å². The summed E-state index contributed by atoms with van der Waals surface area (Å²) in [7, 11) is 1.06. The monoisotopic (exact) mass is 190 g/mol. The highest BCUT2D eigenvalue weighted by molar-refractivity contribution is 5.95. The second kappa shape index (κ2) is 5.02. The fourth-order valence-corrected chi connectivity index (χ4v) is 0.646. The highest BCUT2D eigenvalue weighted by Crippen LogP contribution is 2.07. The fraction of sp³-hybridized carbons (Fsp3) is 0.429. The first-order chi connectivity index (χ1) is 6.04. The fourth-order valence-electron chi connectivity index (χ4n) is 0.646. The van der Waals surface area contributed by atoms with Crippen molar-refractivity contribution < 1.29 is 29.3 Å². The van der Waals surface area contributed by atoms with E-state index in [-0.39, 0.29) is 6.61 Å². The number of aliphatic carboxylic acids is 2. The van der Waals surface area contributed by atoms with Gasteiger partial charge in [-0.2, -0.15) is 0 Å². The zero-order chi connectivity index (χ0) is 10.4. The lowest BCUT2D eigenvalue weighted by molar-refractivity contribution is -0.141. The van der Waals surface area contributed by atoms with E-state index in [0.29, 0.717) is 0 Å². The van der Waals surface area contributed by atoms with Crippen molar-refractivity contribution in [3.63, 3.8) is 0 Å². The van der Waals surface area contributed by atoms with Crippen molar-refractivity contribution >= 4 is 11.9 Å². The highest BCUT2D eigenvalue weighted by atomic mass is 16.5. The molecule has 0 unspecified atom stereocenters. The van der Waals surface area contributed by atoms with Gasteiger partial charge in [0, 0.05) is 0 Å². The summed E-state index contributed by atoms with van der Waals surface area (Å²) in [6, 6.07) is 0. The molecular formula is C7H10O6. The van der Waals surface area contributed by atoms with Gasteiger partial charge in [0.2, 0.25) is 0 Å². The first-order valence-corrected chi connectivity index (χ1v) is 3.42. The third kappa shape index (κ3) is 3.02. The Kier molecular flexibility index (Phi) is 4.36. The molecule has 0 rings (SSSR count). The number of rotatable bonds is 5. The standard InChI is InChI=1S/C7H10O6/c1-3-13-5(7(10)11)4(12-2)6(8)9/h3H2,1-2H3,(H,8,9)(H,10,11)/b5-4-. The van der Waals surface area contributed by atoms with Crippen LogP contribution in [0.4, 0.5) is 0 Å². The van der Waals surface area contributed by atoms with Crippen molar-refractivity contribution in [3.05, 3.63) is 11.5 Å². The van der Waals surface area contributed by atoms with Gasteiger partial charge >= 0.3 is 11.9 Å². The van der Waals surface area contributed by atoms with Crippen LogP contribution in [0.25, 0.3) is 0 Å². The molecule has 0 aliphatic rings. The van der Waals surface area contributed by atoms with Crippen LogP contribution in [-0.4, -0.2) is 35.9 Å². The molecule has 0 aliphatic heterocycles. The third-order valence-corrected chi connectivity index (χ3v) is 1.09. The van der Waals surface area contributed by atoms with Gasteiger partial charge in [-0.05, 0) is 6.92 Å². The zero-order valence-corrected chi connectivity index (χ0v) is 7.23. The lowest BCUT2D eigenvalue weighted by Gasteiger charge is -2.06. The van der Waals surface area contributed by atoms with Gasteiger partial charge in [0.05, 0.1) is 13.7 Å². The van der Waals surface area contributed by atoms with E-state index >= 15 is 0 Å². The van der Waals surface area contributed by atoms with E-state index in [1.807, 2.05) is 0 Å². The van der Waals surface area contributed by atoms with E-state index in [1.54, 1.807) is 0 Å². The quantitative estimate of drug-likeness (QED) is 0.470. The molecule has 0 spiro atoms. The minimum atomic E-state index is -1.48. The Morgan fingerprint density at radius 3 is 1.85 bits per heavy atom. The molecule has 0 radical (unpaired) electrons. The molecule has 0 aromatic rings. The molecule has 0 saturated carbocycles. The van der Waals surface area contributed by atoms with Crippen LogP contribution < -0.4 is 0 Å². The molecule has 0 aliphatic carbocycles. The first-order valence-electron chi connectivity index (χ1n) is 3.42. The molecule has 0 saturated heterocycles. The molecule has 0 atom stereocenters. The first kappa shape index (κ1) is 11.3. The predicted octanol–water partition coefficient (Wildman–Crippen LogP) is 0.0501. The molecule has 74 valence electrons. The number of carbonyl (C=O) groups is 2. The van der Waals surface area contributed by atoms with E-state index in [1.165, 1.54) is 6.92 Å². The topological polar surface area (TPSA) is 93.1 Å². The van der Waals surface area contributed by atoms with Crippen LogP contribution in [0.15, 0.2) is 11.5 Å². The van der Waals surface area contributed by atoms with Gasteiger partial charge in [0.1, 0.15) is 0 Å². The number of carboxylic acids is 2. The number of hydrogen-bond acceptors (Lipinski definition) is 4. The molecule has 6 heteroatoms. The van der Waals surface area contributed by atoms with Crippen molar-refractivity contribution in [2.45, 2.75) is 6.92 Å². The average Bonchev–Trinajstić information content (AvgIpc) is 2.03. The molecule has 2 N–H and O–H groups in total. The van der Waals surface area contributed by atoms with Gasteiger partial charge in [-0.1, -0.05) is 0 Å². The van der Waals surface area contributed by atoms with Crippen LogP contribution in [-0.2, 0) is 19.1 Å². The lowest BCUT2D eigenvalue weighted by atomic mass is 10.4. The summed E-state index contributed by atoms with van der Waals surface area (Å²) in [5, 5.41) is 17.0. The molecular weight excluding hydrogens is 180 g/mol. The Hall–Kier alpha value is -1.72. The smallest absolute Gasteiger partial charge is 0.375 e. The Morgan fingerprint density at radius 2 is 1.62 bits per heavy atom. The maximum Gasteiger partial charge on any atom is 0.375 e. The summed E-state index contributed by atoms with van der Waals surface area (Å²) < 4.78 is 8.95. The summed E-state index contributed by atoms with van der Waals surface area (Å²) in [5.41, 5.74) is 0. The number of ether oxygens (including phenoxy) is 2. The highest BCUT2D eigenvalue weighted by Gasteiger charge is 2.22. The minimum absolute atomic E-state index is 0.0573. The molecule has 0 heterocycles. The molecule has 6 nitrogen and oxygen atoms in total. The zero-order valence-electron chi connectivity index (χ0n) is 7.23. The Balaban J connectivity index is 5.00. The van der Waals surface area contributed by atoms with Gasteiger partial charge in [0.25, 0.3) is 11.5 Å². The van der Waals surface area contributed by atoms with Gasteiger partial charge in [-0.3, -0.25) is 0 Å². The van der Waals surface area contributed by atoms with E-state index in [9.17, 15) is 9.59 Å². The predicted molar refractivity (Wildman–Crippen MR) is 40.9 cm³/mol. The maximum atomic E-state index is 10.5. The summed E-state index contributed by atoms with van der Waals surface area (Å²) in [5.74, 6) is -4.36. The number of methoxy groups -OCH3 is 1. The molecule has 0 aromatic heterocycles. The number of carboxylic acid groups (broad SMARTS) is 2. The number of hydrogen-bond donors (Lipinski definition) is 2. The van der Waals surface area contributed by atoms with Gasteiger partial charge in [-0.15, -0.1) is 0 Å². The summed E-state index contributed by atoms with van der Waals surface area (Å²) in [4.78, 5) is 20.9. The van der Waals surface area contributed by atoms with Crippen LogP contribution in [0.5, 0.6) is 0 Å². The van der Waals surface area contributed by atoms with Crippen LogP contribution >= 0.6 is 0 Å². The van der Waals surface area contributed by atoms with Gasteiger partial charge in [0.15, 0.2) is 0 Å². The molecule has 0 fully saturated rings. The van der Waals surface area contributed by atoms with Crippen molar-refractivity contribution in [2.24, 2.45) is 0 Å². The average molecular weight is 190 g/mol. The van der Waals surface area contributed by atoms with Crippen LogP contribution in [0.2, 0.25) is 0 Å².